The van der Waals surface area contributed by atoms with Gasteiger partial charge in [-0.05, 0) is 30.7 Å². The number of carbonyl (C=O) groups excluding carboxylic acids is 2. The Bertz CT molecular complexity index is 1040. The van der Waals surface area contributed by atoms with Crippen LogP contribution in [0.4, 0.5) is 0 Å². The number of benzene rings is 2. The zero-order valence-electron chi connectivity index (χ0n) is 19.7. The summed E-state index contributed by atoms with van der Waals surface area (Å²) in [5, 5.41) is 1.52. The summed E-state index contributed by atoms with van der Waals surface area (Å²) in [5.41, 5.74) is 1.25. The van der Waals surface area contributed by atoms with Crippen molar-refractivity contribution in [2.75, 3.05) is 35.0 Å². The maximum Gasteiger partial charge on any atom is 0.322 e. The van der Waals surface area contributed by atoms with Gasteiger partial charge >= 0.3 is 11.9 Å². The first kappa shape index (κ1) is 26.7. The molecule has 1 unspecified atom stereocenters. The third kappa shape index (κ3) is 7.51. The van der Waals surface area contributed by atoms with Gasteiger partial charge in [0.25, 0.3) is 0 Å². The molecule has 0 radical (unpaired) electrons. The Balaban J connectivity index is 2.17. The van der Waals surface area contributed by atoms with E-state index in [9.17, 15) is 13.8 Å². The van der Waals surface area contributed by atoms with Gasteiger partial charge in [0.05, 0.1) is 57.2 Å². The third-order valence-electron chi connectivity index (χ3n) is 4.49. The molecule has 0 aliphatic carbocycles. The monoisotopic (exact) mass is 492 g/mol. The molecule has 0 saturated carbocycles. The molecule has 0 fully saturated rings. The average molecular weight is 493 g/mol. The minimum atomic E-state index is -1.42. The van der Waals surface area contributed by atoms with Gasteiger partial charge in [0, 0.05) is 17.5 Å². The zero-order valence-corrected chi connectivity index (χ0v) is 20.6. The van der Waals surface area contributed by atoms with Crippen LogP contribution in [-0.4, -0.2) is 51.2 Å². The normalized spacial score (nSPS) is 11.6. The summed E-state index contributed by atoms with van der Waals surface area (Å²) in [7, 11) is 4.58. The molecule has 2 rings (SSSR count). The molecule has 0 saturated heterocycles. The summed E-state index contributed by atoms with van der Waals surface area (Å²) in [4.78, 5) is 23.5. The van der Waals surface area contributed by atoms with E-state index in [0.717, 1.165) is 0 Å². The number of esters is 2. The summed E-state index contributed by atoms with van der Waals surface area (Å²) in [6, 6.07) is 8.25. The van der Waals surface area contributed by atoms with Gasteiger partial charge in [-0.25, -0.2) is 0 Å². The van der Waals surface area contributed by atoms with E-state index in [-0.39, 0.29) is 18.1 Å². The van der Waals surface area contributed by atoms with Crippen LogP contribution in [0.5, 0.6) is 28.7 Å². The Morgan fingerprint density at radius 1 is 0.853 bits per heavy atom. The second-order valence-corrected chi connectivity index (χ2v) is 8.04. The number of ether oxygens (including phenoxy) is 6. The molecule has 1 atom stereocenters. The van der Waals surface area contributed by atoms with E-state index in [0.29, 0.717) is 34.1 Å². The Morgan fingerprint density at radius 3 is 2.06 bits per heavy atom. The molecule has 9 nitrogen and oxygen atoms in total. The molecule has 0 aliphatic heterocycles. The average Bonchev–Trinajstić information content (AvgIpc) is 2.82. The summed E-state index contributed by atoms with van der Waals surface area (Å²) >= 11 is 0. The minimum Gasteiger partial charge on any atom is -0.496 e. The number of hydrogen-bond acceptors (Lipinski definition) is 9. The molecule has 2 aromatic carbocycles. The number of carbonyl (C=O) groups is 2. The van der Waals surface area contributed by atoms with E-state index >= 15 is 0 Å². The van der Waals surface area contributed by atoms with Crippen LogP contribution < -0.4 is 23.7 Å². The van der Waals surface area contributed by atoms with Crippen LogP contribution >= 0.6 is 0 Å². The van der Waals surface area contributed by atoms with Gasteiger partial charge in [0.15, 0.2) is 11.5 Å². The predicted molar refractivity (Wildman–Crippen MR) is 127 cm³/mol. The zero-order chi connectivity index (χ0) is 25.1. The lowest BCUT2D eigenvalue weighted by atomic mass is 10.1. The molecular weight excluding hydrogens is 464 g/mol. The molecule has 0 amide bonds. The van der Waals surface area contributed by atoms with E-state index in [1.165, 1.54) is 33.8 Å². The van der Waals surface area contributed by atoms with Crippen LogP contribution in [0.15, 0.2) is 35.7 Å². The van der Waals surface area contributed by atoms with Crippen LogP contribution in [0.3, 0.4) is 0 Å². The highest BCUT2D eigenvalue weighted by molar-refractivity contribution is 7.87. The van der Waals surface area contributed by atoms with Gasteiger partial charge in [-0.3, -0.25) is 13.8 Å². The topological polar surface area (TPSA) is 107 Å². The van der Waals surface area contributed by atoms with Crippen molar-refractivity contribution in [3.63, 3.8) is 0 Å². The lowest BCUT2D eigenvalue weighted by Gasteiger charge is -2.12. The minimum absolute atomic E-state index is 0.119. The van der Waals surface area contributed by atoms with Crippen molar-refractivity contribution in [1.82, 2.24) is 0 Å². The molecule has 0 bridgehead atoms. The molecule has 10 heteroatoms. The number of rotatable bonds is 12. The molecular formula is C24H28O9S. The van der Waals surface area contributed by atoms with Crippen LogP contribution in [0.2, 0.25) is 0 Å². The van der Waals surface area contributed by atoms with Gasteiger partial charge in [0.1, 0.15) is 23.7 Å². The Hall–Kier alpha value is -3.53. The fourth-order valence-electron chi connectivity index (χ4n) is 2.93. The highest BCUT2D eigenvalue weighted by atomic mass is 32.2. The standard InChI is InChI=1S/C24H28O9S/c1-6-32-23(25)14-24(26)33-22-11-16(7-8-19(22)29-3)15-34(27)10-9-18-20(30-4)12-17(28-2)13-21(18)31-5/h7-13H,6,14-15H2,1-5H3. The first-order valence-corrected chi connectivity index (χ1v) is 11.6. The smallest absolute Gasteiger partial charge is 0.322 e. The SMILES string of the molecule is CCOC(=O)CC(=O)Oc1cc(CS(=O)C=Cc2c(OC)cc(OC)cc2OC)ccc1OC. The highest BCUT2D eigenvalue weighted by Gasteiger charge is 2.16. The van der Waals surface area contributed by atoms with Gasteiger partial charge in [-0.15, -0.1) is 0 Å². The Kier molecular flexibility index (Phi) is 10.4. The highest BCUT2D eigenvalue weighted by Crippen LogP contribution is 2.35. The second kappa shape index (κ2) is 13.2. The fraction of sp³-hybridized carbons (Fsp3) is 0.333. The van der Waals surface area contributed by atoms with Crippen molar-refractivity contribution in [2.24, 2.45) is 0 Å². The fourth-order valence-corrected chi connectivity index (χ4v) is 3.82. The summed E-state index contributed by atoms with van der Waals surface area (Å²) in [5.74, 6) is 0.671. The summed E-state index contributed by atoms with van der Waals surface area (Å²) < 4.78 is 44.0. The van der Waals surface area contributed by atoms with Crippen LogP contribution in [0, 0.1) is 0 Å². The third-order valence-corrected chi connectivity index (χ3v) is 5.55. The van der Waals surface area contributed by atoms with Crippen molar-refractivity contribution < 1.29 is 42.2 Å². The van der Waals surface area contributed by atoms with Crippen molar-refractivity contribution in [2.45, 2.75) is 19.1 Å². The van der Waals surface area contributed by atoms with Gasteiger partial charge in [-0.2, -0.15) is 0 Å². The number of hydrogen-bond donors (Lipinski definition) is 0. The van der Waals surface area contributed by atoms with E-state index < -0.39 is 29.2 Å². The molecule has 0 aliphatic rings. The van der Waals surface area contributed by atoms with Crippen molar-refractivity contribution in [1.29, 1.82) is 0 Å². The van der Waals surface area contributed by atoms with Crippen molar-refractivity contribution in [3.05, 3.63) is 46.9 Å². The van der Waals surface area contributed by atoms with Gasteiger partial charge in [-0.1, -0.05) is 6.07 Å². The van der Waals surface area contributed by atoms with E-state index in [1.807, 2.05) is 0 Å². The molecule has 0 heterocycles. The maximum atomic E-state index is 12.7. The van der Waals surface area contributed by atoms with Crippen LogP contribution in [-0.2, 0) is 30.9 Å². The second-order valence-electron chi connectivity index (χ2n) is 6.71. The molecule has 184 valence electrons. The van der Waals surface area contributed by atoms with Gasteiger partial charge in [0.2, 0.25) is 0 Å². The van der Waals surface area contributed by atoms with E-state index in [4.69, 9.17) is 28.4 Å². The summed E-state index contributed by atoms with van der Waals surface area (Å²) in [6.45, 7) is 1.81. The number of methoxy groups -OCH3 is 4. The Morgan fingerprint density at radius 2 is 1.50 bits per heavy atom. The lowest BCUT2D eigenvalue weighted by Crippen LogP contribution is -2.16. The molecule has 0 N–H and O–H groups in total. The van der Waals surface area contributed by atoms with Gasteiger partial charge < -0.3 is 28.4 Å². The quantitative estimate of drug-likeness (QED) is 0.250. The predicted octanol–water partition coefficient (Wildman–Crippen LogP) is 3.50. The molecule has 0 spiro atoms. The van der Waals surface area contributed by atoms with Crippen molar-refractivity contribution in [3.8, 4) is 28.7 Å². The van der Waals surface area contributed by atoms with Crippen molar-refractivity contribution >= 4 is 28.8 Å². The van der Waals surface area contributed by atoms with Crippen LogP contribution in [0.25, 0.3) is 6.08 Å². The molecule has 2 aromatic rings. The van der Waals surface area contributed by atoms with Crippen LogP contribution in [0.1, 0.15) is 24.5 Å². The molecule has 34 heavy (non-hydrogen) atoms. The first-order valence-electron chi connectivity index (χ1n) is 10.2. The maximum absolute atomic E-state index is 12.7. The summed E-state index contributed by atoms with van der Waals surface area (Å²) in [6.07, 6.45) is 1.12. The van der Waals surface area contributed by atoms with E-state index in [2.05, 4.69) is 0 Å². The largest absolute Gasteiger partial charge is 0.496 e. The molecule has 0 aromatic heterocycles. The Labute approximate surface area is 201 Å². The lowest BCUT2D eigenvalue weighted by molar-refractivity contribution is -0.149. The van der Waals surface area contributed by atoms with E-state index in [1.54, 1.807) is 43.3 Å². The first-order chi connectivity index (χ1) is 16.3.